The van der Waals surface area contributed by atoms with Crippen LogP contribution in [0.4, 0.5) is 0 Å². The molecule has 0 radical (unpaired) electrons. The predicted molar refractivity (Wildman–Crippen MR) is 86.8 cm³/mol. The van der Waals surface area contributed by atoms with E-state index in [1.54, 1.807) is 7.11 Å². The molecule has 0 aliphatic heterocycles. The van der Waals surface area contributed by atoms with Crippen LogP contribution in [0.5, 0.6) is 5.75 Å². The van der Waals surface area contributed by atoms with Gasteiger partial charge in [-0.1, -0.05) is 0 Å². The maximum atomic E-state index is 11.0. The molecule has 1 aromatic rings. The first-order chi connectivity index (χ1) is 11.9. The number of hydrogen-bond donors (Lipinski definition) is 0. The van der Waals surface area contributed by atoms with Gasteiger partial charge in [0, 0.05) is 7.11 Å². The predicted octanol–water partition coefficient (Wildman–Crippen LogP) is 1.47. The number of methoxy groups -OCH3 is 1. The molecule has 0 aliphatic rings. The Morgan fingerprint density at radius 1 is 0.880 bits per heavy atom. The molecule has 140 valence electrons. The van der Waals surface area contributed by atoms with E-state index in [1.807, 2.05) is 0 Å². The van der Waals surface area contributed by atoms with E-state index in [-0.39, 0.29) is 12.2 Å². The molecule has 1 aromatic carbocycles. The summed E-state index contributed by atoms with van der Waals surface area (Å²) in [6, 6.07) is 5.53. The molecule has 0 N–H and O–H groups in total. The third-order valence-corrected chi connectivity index (χ3v) is 3.41. The van der Waals surface area contributed by atoms with E-state index >= 15 is 0 Å². The smallest absolute Gasteiger partial charge is 0.481 e. The molecule has 10 heteroatoms. The maximum absolute atomic E-state index is 11.0. The van der Waals surface area contributed by atoms with Gasteiger partial charge in [0.05, 0.1) is 40.0 Å². The standard InChI is InChI=1S/C15H22N2O8/c1-15(16(18)19,17(20)21)13-3-5-14(6-4-13)25-12-11-24-10-9-23-8-7-22-2/h3-6H,7-12H2,1-2H3. The Labute approximate surface area is 144 Å². The highest BCUT2D eigenvalue weighted by Crippen LogP contribution is 2.26. The second kappa shape index (κ2) is 10.5. The molecule has 25 heavy (non-hydrogen) atoms. The van der Waals surface area contributed by atoms with Crippen molar-refractivity contribution in [2.45, 2.75) is 12.6 Å². The van der Waals surface area contributed by atoms with Gasteiger partial charge in [-0.25, -0.2) is 0 Å². The summed E-state index contributed by atoms with van der Waals surface area (Å²) in [4.78, 5) is 20.2. The SMILES string of the molecule is COCCOCCOCCOc1ccc(C(C)([N+](=O)[O-])[N+](=O)[O-])cc1. The number of hydrogen-bond acceptors (Lipinski definition) is 8. The molecule has 0 atom stereocenters. The summed E-state index contributed by atoms with van der Waals surface area (Å²) in [7, 11) is 1.60. The van der Waals surface area contributed by atoms with Gasteiger partial charge >= 0.3 is 5.66 Å². The molecule has 0 fully saturated rings. The summed E-state index contributed by atoms with van der Waals surface area (Å²) in [6.45, 7) is 3.50. The van der Waals surface area contributed by atoms with Gasteiger partial charge in [0.2, 0.25) is 0 Å². The van der Waals surface area contributed by atoms with Crippen LogP contribution in [0.2, 0.25) is 0 Å². The number of rotatable bonds is 13. The van der Waals surface area contributed by atoms with Crippen molar-refractivity contribution in [2.24, 2.45) is 0 Å². The molecule has 0 saturated heterocycles. The Bertz CT molecular complexity index is 535. The third-order valence-electron chi connectivity index (χ3n) is 3.41. The highest BCUT2D eigenvalue weighted by Gasteiger charge is 2.52. The lowest BCUT2D eigenvalue weighted by Crippen LogP contribution is -2.40. The second-order valence-corrected chi connectivity index (χ2v) is 5.13. The van der Waals surface area contributed by atoms with Gasteiger partial charge in [-0.05, 0) is 24.3 Å². The van der Waals surface area contributed by atoms with Crippen molar-refractivity contribution in [3.8, 4) is 5.75 Å². The van der Waals surface area contributed by atoms with Crippen molar-refractivity contribution >= 4 is 0 Å². The molecule has 0 bridgehead atoms. The largest absolute Gasteiger partial charge is 0.491 e. The van der Waals surface area contributed by atoms with E-state index in [9.17, 15) is 20.2 Å². The Balaban J connectivity index is 2.35. The Kier molecular flexibility index (Phi) is 8.75. The summed E-state index contributed by atoms with van der Waals surface area (Å²) in [6.07, 6.45) is 0. The lowest BCUT2D eigenvalue weighted by Gasteiger charge is -2.13. The van der Waals surface area contributed by atoms with Crippen LogP contribution in [0.1, 0.15) is 12.5 Å². The molecule has 0 heterocycles. The fourth-order valence-corrected chi connectivity index (χ4v) is 1.83. The van der Waals surface area contributed by atoms with Crippen LogP contribution in [0.3, 0.4) is 0 Å². The monoisotopic (exact) mass is 358 g/mol. The van der Waals surface area contributed by atoms with Crippen molar-refractivity contribution in [3.05, 3.63) is 50.1 Å². The van der Waals surface area contributed by atoms with Crippen LogP contribution in [0.15, 0.2) is 24.3 Å². The molecule has 1 rings (SSSR count). The van der Waals surface area contributed by atoms with Gasteiger partial charge in [-0.3, -0.25) is 20.2 Å². The van der Waals surface area contributed by atoms with Crippen molar-refractivity contribution in [3.63, 3.8) is 0 Å². The number of nitrogens with zero attached hydrogens (tertiary/aromatic N) is 2. The van der Waals surface area contributed by atoms with Crippen LogP contribution in [-0.4, -0.2) is 56.6 Å². The normalized spacial score (nSPS) is 11.3. The van der Waals surface area contributed by atoms with Gasteiger partial charge in [0.25, 0.3) is 0 Å². The van der Waals surface area contributed by atoms with E-state index in [2.05, 4.69) is 0 Å². The zero-order valence-corrected chi connectivity index (χ0v) is 14.2. The van der Waals surface area contributed by atoms with Crippen molar-refractivity contribution in [2.75, 3.05) is 46.8 Å². The zero-order valence-electron chi connectivity index (χ0n) is 14.2. The van der Waals surface area contributed by atoms with E-state index in [0.29, 0.717) is 38.8 Å². The van der Waals surface area contributed by atoms with E-state index < -0.39 is 15.5 Å². The lowest BCUT2D eigenvalue weighted by molar-refractivity contribution is -0.805. The average molecular weight is 358 g/mol. The minimum atomic E-state index is -2.38. The quantitative estimate of drug-likeness (QED) is 0.225. The number of ether oxygens (including phenoxy) is 4. The molecule has 10 nitrogen and oxygen atoms in total. The van der Waals surface area contributed by atoms with E-state index in [1.165, 1.54) is 24.3 Å². The van der Waals surface area contributed by atoms with Gasteiger partial charge in [0.1, 0.15) is 27.8 Å². The van der Waals surface area contributed by atoms with Crippen molar-refractivity contribution in [1.82, 2.24) is 0 Å². The number of benzene rings is 1. The zero-order chi connectivity index (χ0) is 18.7. The van der Waals surface area contributed by atoms with Crippen LogP contribution in [0.25, 0.3) is 0 Å². The molecule has 0 aromatic heterocycles. The van der Waals surface area contributed by atoms with Crippen molar-refractivity contribution in [1.29, 1.82) is 0 Å². The average Bonchev–Trinajstić information content (AvgIpc) is 2.59. The Hall–Kier alpha value is -2.30. The Morgan fingerprint density at radius 2 is 1.36 bits per heavy atom. The summed E-state index contributed by atoms with van der Waals surface area (Å²) < 4.78 is 20.8. The highest BCUT2D eigenvalue weighted by atomic mass is 16.7. The molecule has 0 saturated carbocycles. The first-order valence-electron chi connectivity index (χ1n) is 7.59. The van der Waals surface area contributed by atoms with Gasteiger partial charge in [-0.15, -0.1) is 0 Å². The molecule has 0 aliphatic carbocycles. The molecule has 0 spiro atoms. The molecule has 0 amide bonds. The number of nitro groups is 2. The van der Waals surface area contributed by atoms with Crippen LogP contribution >= 0.6 is 0 Å². The molecular formula is C15H22N2O8. The summed E-state index contributed by atoms with van der Waals surface area (Å²) in [5.41, 5.74) is -2.41. The second-order valence-electron chi connectivity index (χ2n) is 5.13. The first-order valence-corrected chi connectivity index (χ1v) is 7.59. The molecule has 0 unspecified atom stereocenters. The highest BCUT2D eigenvalue weighted by molar-refractivity contribution is 5.29. The first kappa shape index (κ1) is 20.7. The fourth-order valence-electron chi connectivity index (χ4n) is 1.83. The fraction of sp³-hybridized carbons (Fsp3) is 0.600. The minimum Gasteiger partial charge on any atom is -0.491 e. The minimum absolute atomic E-state index is 0.0284. The van der Waals surface area contributed by atoms with Crippen molar-refractivity contribution < 1.29 is 28.8 Å². The van der Waals surface area contributed by atoms with Gasteiger partial charge < -0.3 is 18.9 Å². The summed E-state index contributed by atoms with van der Waals surface area (Å²) in [5, 5.41) is 22.0. The van der Waals surface area contributed by atoms with Crippen LogP contribution in [0, 0.1) is 20.2 Å². The van der Waals surface area contributed by atoms with E-state index in [4.69, 9.17) is 18.9 Å². The maximum Gasteiger partial charge on any atom is 0.481 e. The summed E-state index contributed by atoms with van der Waals surface area (Å²) in [5.74, 6) is 0.442. The van der Waals surface area contributed by atoms with Gasteiger partial charge in [-0.2, -0.15) is 0 Å². The van der Waals surface area contributed by atoms with Gasteiger partial charge in [0.15, 0.2) is 0 Å². The van der Waals surface area contributed by atoms with Crippen LogP contribution < -0.4 is 4.74 Å². The Morgan fingerprint density at radius 3 is 1.84 bits per heavy atom. The molecular weight excluding hydrogens is 336 g/mol. The van der Waals surface area contributed by atoms with E-state index in [0.717, 1.165) is 6.92 Å². The lowest BCUT2D eigenvalue weighted by atomic mass is 10.0. The van der Waals surface area contributed by atoms with Crippen LogP contribution in [-0.2, 0) is 19.9 Å². The summed E-state index contributed by atoms with van der Waals surface area (Å²) >= 11 is 0. The third kappa shape index (κ3) is 6.25. The topological polar surface area (TPSA) is 123 Å².